The van der Waals surface area contributed by atoms with Crippen LogP contribution in [0.4, 0.5) is 11.5 Å². The number of aromatic nitrogens is 2. The number of hydrogen-bond donors (Lipinski definition) is 2. The summed E-state index contributed by atoms with van der Waals surface area (Å²) in [6, 6.07) is 7.53. The van der Waals surface area contributed by atoms with Gasteiger partial charge in [-0.05, 0) is 31.0 Å². The minimum atomic E-state index is -0.225. The molecule has 0 aliphatic carbocycles. The van der Waals surface area contributed by atoms with E-state index in [9.17, 15) is 4.79 Å². The molecule has 23 heavy (non-hydrogen) atoms. The van der Waals surface area contributed by atoms with Crippen molar-refractivity contribution in [3.63, 3.8) is 0 Å². The zero-order chi connectivity index (χ0) is 16.7. The van der Waals surface area contributed by atoms with Crippen LogP contribution in [-0.4, -0.2) is 36.1 Å². The number of nitrogens with zero attached hydrogens (tertiary/aromatic N) is 2. The smallest absolute Gasteiger partial charge is 0.270 e. The Labute approximate surface area is 143 Å². The summed E-state index contributed by atoms with van der Waals surface area (Å²) < 4.78 is 5.95. The number of benzene rings is 1. The molecule has 1 aromatic carbocycles. The first-order chi connectivity index (χ1) is 11.1. The number of halogens is 1. The second-order valence-electron chi connectivity index (χ2n) is 4.98. The van der Waals surface area contributed by atoms with E-state index in [1.165, 1.54) is 6.33 Å². The summed E-state index contributed by atoms with van der Waals surface area (Å²) in [6.07, 6.45) is 2.13. The Hall–Kier alpha value is -1.99. The van der Waals surface area contributed by atoms with Gasteiger partial charge in [-0.15, -0.1) is 0 Å². The summed E-state index contributed by atoms with van der Waals surface area (Å²) in [4.78, 5) is 20.2. The van der Waals surface area contributed by atoms with Crippen molar-refractivity contribution in [2.45, 2.75) is 13.3 Å². The zero-order valence-corrected chi connectivity index (χ0v) is 14.7. The fourth-order valence-electron chi connectivity index (χ4n) is 1.88. The summed E-state index contributed by atoms with van der Waals surface area (Å²) in [5, 5.41) is 5.96. The first-order valence-corrected chi connectivity index (χ1v) is 8.02. The molecule has 0 saturated heterocycles. The van der Waals surface area contributed by atoms with E-state index in [1.807, 2.05) is 25.1 Å². The molecular formula is C16H19BrN4O2. The number of methoxy groups -OCH3 is 1. The second kappa shape index (κ2) is 8.59. The molecule has 1 amide bonds. The van der Waals surface area contributed by atoms with E-state index in [4.69, 9.17) is 4.74 Å². The highest BCUT2D eigenvalue weighted by Crippen LogP contribution is 2.22. The van der Waals surface area contributed by atoms with Crippen LogP contribution in [0.1, 0.15) is 22.5 Å². The van der Waals surface area contributed by atoms with E-state index in [0.29, 0.717) is 24.7 Å². The van der Waals surface area contributed by atoms with Gasteiger partial charge in [0.25, 0.3) is 5.91 Å². The molecule has 1 aromatic heterocycles. The van der Waals surface area contributed by atoms with Crippen LogP contribution in [0.25, 0.3) is 0 Å². The molecule has 2 aromatic rings. The van der Waals surface area contributed by atoms with Crippen molar-refractivity contribution >= 4 is 33.3 Å². The summed E-state index contributed by atoms with van der Waals surface area (Å²) in [7, 11) is 1.63. The Kier molecular flexibility index (Phi) is 6.49. The van der Waals surface area contributed by atoms with E-state index in [1.54, 1.807) is 13.2 Å². The molecule has 0 saturated carbocycles. The van der Waals surface area contributed by atoms with Gasteiger partial charge >= 0.3 is 0 Å². The number of rotatable bonds is 7. The van der Waals surface area contributed by atoms with Crippen molar-refractivity contribution in [3.05, 3.63) is 46.3 Å². The second-order valence-corrected chi connectivity index (χ2v) is 5.83. The number of anilines is 2. The average Bonchev–Trinajstić information content (AvgIpc) is 2.55. The highest BCUT2D eigenvalue weighted by molar-refractivity contribution is 9.10. The van der Waals surface area contributed by atoms with Crippen LogP contribution in [0.2, 0.25) is 0 Å². The van der Waals surface area contributed by atoms with Crippen molar-refractivity contribution in [3.8, 4) is 0 Å². The molecule has 122 valence electrons. The third-order valence-electron chi connectivity index (χ3n) is 3.15. The van der Waals surface area contributed by atoms with Crippen LogP contribution in [0, 0.1) is 6.92 Å². The number of nitrogens with one attached hydrogen (secondary N) is 2. The van der Waals surface area contributed by atoms with E-state index in [2.05, 4.69) is 36.5 Å². The third kappa shape index (κ3) is 5.30. The maximum atomic E-state index is 12.0. The molecule has 0 fully saturated rings. The molecule has 0 bridgehead atoms. The number of carbonyl (C=O) groups is 1. The topological polar surface area (TPSA) is 76.1 Å². The van der Waals surface area contributed by atoms with Gasteiger partial charge in [-0.1, -0.05) is 22.0 Å². The molecular weight excluding hydrogens is 360 g/mol. The SMILES string of the molecule is COCCCNC(=O)c1cc(Nc2ccc(C)c(Br)c2)ncn1. The van der Waals surface area contributed by atoms with Gasteiger partial charge in [0.15, 0.2) is 0 Å². The monoisotopic (exact) mass is 378 g/mol. The van der Waals surface area contributed by atoms with E-state index in [0.717, 1.165) is 22.1 Å². The van der Waals surface area contributed by atoms with Crippen LogP contribution >= 0.6 is 15.9 Å². The predicted octanol–water partition coefficient (Wildman–Crippen LogP) is 3.06. The largest absolute Gasteiger partial charge is 0.385 e. The lowest BCUT2D eigenvalue weighted by molar-refractivity contribution is 0.0943. The summed E-state index contributed by atoms with van der Waals surface area (Å²) in [5.41, 5.74) is 2.35. The lowest BCUT2D eigenvalue weighted by atomic mass is 10.2. The van der Waals surface area contributed by atoms with Crippen molar-refractivity contribution in [1.82, 2.24) is 15.3 Å². The van der Waals surface area contributed by atoms with Crippen molar-refractivity contribution in [2.24, 2.45) is 0 Å². The molecule has 7 heteroatoms. The molecule has 0 radical (unpaired) electrons. The van der Waals surface area contributed by atoms with Crippen LogP contribution in [0.15, 0.2) is 35.1 Å². The standard InChI is InChI=1S/C16H19BrN4O2/c1-11-4-5-12(8-13(11)17)21-15-9-14(19-10-20-15)16(22)18-6-3-7-23-2/h4-5,8-10H,3,6-7H2,1-2H3,(H,18,22)(H,19,20,21). The van der Waals surface area contributed by atoms with Gasteiger partial charge < -0.3 is 15.4 Å². The number of aryl methyl sites for hydroxylation is 1. The molecule has 0 atom stereocenters. The summed E-state index contributed by atoms with van der Waals surface area (Å²) in [5.74, 6) is 0.342. The first kappa shape index (κ1) is 17.4. The van der Waals surface area contributed by atoms with E-state index in [-0.39, 0.29) is 5.91 Å². The van der Waals surface area contributed by atoms with Crippen molar-refractivity contribution in [2.75, 3.05) is 25.6 Å². The quantitative estimate of drug-likeness (QED) is 0.724. The van der Waals surface area contributed by atoms with Crippen LogP contribution in [0.5, 0.6) is 0 Å². The van der Waals surface area contributed by atoms with Crippen molar-refractivity contribution in [1.29, 1.82) is 0 Å². The number of hydrogen-bond acceptors (Lipinski definition) is 5. The maximum Gasteiger partial charge on any atom is 0.270 e. The molecule has 0 unspecified atom stereocenters. The highest BCUT2D eigenvalue weighted by Gasteiger charge is 2.08. The molecule has 0 aliphatic heterocycles. The van der Waals surface area contributed by atoms with Crippen molar-refractivity contribution < 1.29 is 9.53 Å². The Balaban J connectivity index is 2.01. The van der Waals surface area contributed by atoms with Gasteiger partial charge in [-0.25, -0.2) is 9.97 Å². The van der Waals surface area contributed by atoms with Gasteiger partial charge in [0, 0.05) is 36.5 Å². The normalized spacial score (nSPS) is 10.4. The Morgan fingerprint density at radius 2 is 2.13 bits per heavy atom. The lowest BCUT2D eigenvalue weighted by Gasteiger charge is -2.09. The first-order valence-electron chi connectivity index (χ1n) is 7.22. The van der Waals surface area contributed by atoms with E-state index < -0.39 is 0 Å². The molecule has 1 heterocycles. The minimum absolute atomic E-state index is 0.225. The lowest BCUT2D eigenvalue weighted by Crippen LogP contribution is -2.26. The molecule has 2 rings (SSSR count). The predicted molar refractivity (Wildman–Crippen MR) is 93.0 cm³/mol. The van der Waals surface area contributed by atoms with Gasteiger partial charge in [-0.2, -0.15) is 0 Å². The Bertz CT molecular complexity index is 679. The van der Waals surface area contributed by atoms with Crippen LogP contribution in [-0.2, 0) is 4.74 Å². The molecule has 2 N–H and O–H groups in total. The molecule has 6 nitrogen and oxygen atoms in total. The zero-order valence-electron chi connectivity index (χ0n) is 13.1. The highest BCUT2D eigenvalue weighted by atomic mass is 79.9. The summed E-state index contributed by atoms with van der Waals surface area (Å²) in [6.45, 7) is 3.17. The van der Waals surface area contributed by atoms with Gasteiger partial charge in [0.05, 0.1) is 0 Å². The Morgan fingerprint density at radius 3 is 2.87 bits per heavy atom. The molecule has 0 spiro atoms. The Morgan fingerprint density at radius 1 is 1.30 bits per heavy atom. The van der Waals surface area contributed by atoms with Crippen LogP contribution in [0.3, 0.4) is 0 Å². The maximum absolute atomic E-state index is 12.0. The summed E-state index contributed by atoms with van der Waals surface area (Å²) >= 11 is 3.49. The van der Waals surface area contributed by atoms with E-state index >= 15 is 0 Å². The molecule has 0 aliphatic rings. The third-order valence-corrected chi connectivity index (χ3v) is 4.01. The van der Waals surface area contributed by atoms with Gasteiger partial charge in [0.2, 0.25) is 0 Å². The van der Waals surface area contributed by atoms with Gasteiger partial charge in [-0.3, -0.25) is 4.79 Å². The minimum Gasteiger partial charge on any atom is -0.385 e. The van der Waals surface area contributed by atoms with Gasteiger partial charge in [0.1, 0.15) is 17.8 Å². The number of ether oxygens (including phenoxy) is 1. The fourth-order valence-corrected chi connectivity index (χ4v) is 2.26. The number of carbonyl (C=O) groups excluding carboxylic acids is 1. The van der Waals surface area contributed by atoms with Crippen LogP contribution < -0.4 is 10.6 Å². The average molecular weight is 379 g/mol. The number of amides is 1. The fraction of sp³-hybridized carbons (Fsp3) is 0.312.